The van der Waals surface area contributed by atoms with Crippen molar-refractivity contribution in [2.45, 2.75) is 69.9 Å². The molecule has 152 valence electrons. The molecule has 1 N–H and O–H groups in total. The van der Waals surface area contributed by atoms with Crippen molar-refractivity contribution < 1.29 is 14.3 Å². The molecule has 3 heterocycles. The van der Waals surface area contributed by atoms with Crippen molar-refractivity contribution in [3.63, 3.8) is 0 Å². The number of likely N-dealkylation sites (tertiary alicyclic amines) is 1. The maximum atomic E-state index is 12.7. The fourth-order valence-electron chi connectivity index (χ4n) is 4.65. The molecule has 2 amide bonds. The van der Waals surface area contributed by atoms with E-state index in [1.807, 2.05) is 4.90 Å². The van der Waals surface area contributed by atoms with Gasteiger partial charge in [-0.05, 0) is 50.9 Å². The number of piperidine rings is 1. The number of hydrogen-bond acceptors (Lipinski definition) is 5. The van der Waals surface area contributed by atoms with Gasteiger partial charge in [0.15, 0.2) is 0 Å². The third-order valence-corrected chi connectivity index (χ3v) is 6.34. The highest BCUT2D eigenvalue weighted by Gasteiger charge is 2.31. The van der Waals surface area contributed by atoms with Crippen LogP contribution in [-0.4, -0.2) is 58.5 Å². The molecule has 3 fully saturated rings. The quantitative estimate of drug-likeness (QED) is 0.838. The molecule has 1 atom stereocenters. The maximum Gasteiger partial charge on any atom is 0.254 e. The molecule has 28 heavy (non-hydrogen) atoms. The Labute approximate surface area is 166 Å². The number of ether oxygens (including phenoxy) is 1. The average Bonchev–Trinajstić information content (AvgIpc) is 3.43. The van der Waals surface area contributed by atoms with Crippen molar-refractivity contribution in [1.82, 2.24) is 20.2 Å². The number of aromatic nitrogens is 2. The first-order valence-corrected chi connectivity index (χ1v) is 10.7. The molecule has 0 bridgehead atoms. The lowest BCUT2D eigenvalue weighted by atomic mass is 9.90. The Kier molecular flexibility index (Phi) is 6.20. The minimum Gasteiger partial charge on any atom is -0.368 e. The highest BCUT2D eigenvalue weighted by molar-refractivity contribution is 5.95. The zero-order valence-corrected chi connectivity index (χ0v) is 16.4. The van der Waals surface area contributed by atoms with E-state index in [2.05, 4.69) is 15.3 Å². The zero-order chi connectivity index (χ0) is 19.3. The van der Waals surface area contributed by atoms with Crippen LogP contribution in [0.15, 0.2) is 12.5 Å². The normalized spacial score (nSPS) is 23.9. The lowest BCUT2D eigenvalue weighted by Crippen LogP contribution is -2.44. The molecule has 0 aromatic carbocycles. The summed E-state index contributed by atoms with van der Waals surface area (Å²) in [6.45, 7) is 2.22. The van der Waals surface area contributed by atoms with E-state index in [0.29, 0.717) is 18.1 Å². The summed E-state index contributed by atoms with van der Waals surface area (Å²) in [4.78, 5) is 35.6. The van der Waals surface area contributed by atoms with E-state index in [1.54, 1.807) is 6.20 Å². The summed E-state index contributed by atoms with van der Waals surface area (Å²) >= 11 is 0. The van der Waals surface area contributed by atoms with Gasteiger partial charge in [-0.15, -0.1) is 0 Å². The smallest absolute Gasteiger partial charge is 0.254 e. The number of carbonyl (C=O) groups is 2. The van der Waals surface area contributed by atoms with Gasteiger partial charge in [0.1, 0.15) is 12.4 Å². The first-order valence-electron chi connectivity index (χ1n) is 10.7. The largest absolute Gasteiger partial charge is 0.368 e. The molecule has 0 radical (unpaired) electrons. The first kappa shape index (κ1) is 19.3. The van der Waals surface area contributed by atoms with Crippen molar-refractivity contribution in [2.75, 3.05) is 19.7 Å². The van der Waals surface area contributed by atoms with Crippen molar-refractivity contribution in [2.24, 2.45) is 5.92 Å². The second-order valence-electron chi connectivity index (χ2n) is 8.31. The molecule has 1 aromatic heterocycles. The van der Waals surface area contributed by atoms with Crippen molar-refractivity contribution in [1.29, 1.82) is 0 Å². The molecule has 1 aromatic rings. The van der Waals surface area contributed by atoms with Crippen LogP contribution in [0.2, 0.25) is 0 Å². The lowest BCUT2D eigenvalue weighted by Gasteiger charge is -2.33. The summed E-state index contributed by atoms with van der Waals surface area (Å²) in [6.07, 6.45) is 11.9. The molecular formula is C21H30N4O3. The Morgan fingerprint density at radius 1 is 1.11 bits per heavy atom. The topological polar surface area (TPSA) is 84.4 Å². The Morgan fingerprint density at radius 3 is 2.61 bits per heavy atom. The van der Waals surface area contributed by atoms with Gasteiger partial charge in [-0.25, -0.2) is 9.97 Å². The van der Waals surface area contributed by atoms with Crippen molar-refractivity contribution in [3.8, 4) is 0 Å². The van der Waals surface area contributed by atoms with Crippen LogP contribution in [0.1, 0.15) is 67.4 Å². The molecule has 7 heteroatoms. The SMILES string of the molecule is O=C(NC1CCCC1)c1cncnc1CC1CCN(C(=O)C2CCCO2)CC1. The highest BCUT2D eigenvalue weighted by Crippen LogP contribution is 2.25. The molecule has 0 spiro atoms. The van der Waals surface area contributed by atoms with Crippen molar-refractivity contribution in [3.05, 3.63) is 23.8 Å². The minimum atomic E-state index is -0.232. The summed E-state index contributed by atoms with van der Waals surface area (Å²) in [5.41, 5.74) is 1.43. The third-order valence-electron chi connectivity index (χ3n) is 6.34. The van der Waals surface area contributed by atoms with Gasteiger partial charge in [-0.1, -0.05) is 12.8 Å². The summed E-state index contributed by atoms with van der Waals surface area (Å²) in [6, 6.07) is 0.285. The molecular weight excluding hydrogens is 356 g/mol. The molecule has 3 aliphatic rings. The molecule has 1 unspecified atom stereocenters. The van der Waals surface area contributed by atoms with Crippen LogP contribution in [0.5, 0.6) is 0 Å². The lowest BCUT2D eigenvalue weighted by molar-refractivity contribution is -0.142. The molecule has 1 saturated carbocycles. The van der Waals surface area contributed by atoms with Crippen LogP contribution in [0.25, 0.3) is 0 Å². The molecule has 7 nitrogen and oxygen atoms in total. The standard InChI is InChI=1S/C21H30N4O3/c26-20(24-16-4-1-2-5-16)17-13-22-14-23-18(17)12-15-7-9-25(10-8-15)21(27)19-6-3-11-28-19/h13-16,19H,1-12H2,(H,24,26). The predicted octanol–water partition coefficient (Wildman–Crippen LogP) is 2.11. The highest BCUT2D eigenvalue weighted by atomic mass is 16.5. The fraction of sp³-hybridized carbons (Fsp3) is 0.714. The van der Waals surface area contributed by atoms with E-state index in [-0.39, 0.29) is 24.0 Å². The summed E-state index contributed by atoms with van der Waals surface area (Å²) in [5, 5.41) is 3.14. The van der Waals surface area contributed by atoms with Crippen LogP contribution in [0, 0.1) is 5.92 Å². The van der Waals surface area contributed by atoms with Gasteiger partial charge in [0, 0.05) is 31.9 Å². The second kappa shape index (κ2) is 8.99. The van der Waals surface area contributed by atoms with E-state index in [4.69, 9.17) is 4.74 Å². The minimum absolute atomic E-state index is 0.0477. The Balaban J connectivity index is 1.32. The van der Waals surface area contributed by atoms with Crippen LogP contribution >= 0.6 is 0 Å². The van der Waals surface area contributed by atoms with E-state index in [0.717, 1.165) is 63.7 Å². The van der Waals surface area contributed by atoms with Crippen LogP contribution in [0.4, 0.5) is 0 Å². The monoisotopic (exact) mass is 386 g/mol. The van der Waals surface area contributed by atoms with E-state index in [1.165, 1.54) is 19.2 Å². The number of carbonyl (C=O) groups excluding carboxylic acids is 2. The maximum absolute atomic E-state index is 12.7. The van der Waals surface area contributed by atoms with Gasteiger partial charge in [-0.3, -0.25) is 9.59 Å². The number of nitrogens with zero attached hydrogens (tertiary/aromatic N) is 3. The van der Waals surface area contributed by atoms with E-state index < -0.39 is 0 Å². The average molecular weight is 386 g/mol. The third kappa shape index (κ3) is 4.51. The molecule has 4 rings (SSSR count). The van der Waals surface area contributed by atoms with Gasteiger partial charge in [-0.2, -0.15) is 0 Å². The number of amides is 2. The van der Waals surface area contributed by atoms with Gasteiger partial charge in [0.2, 0.25) is 0 Å². The van der Waals surface area contributed by atoms with E-state index in [9.17, 15) is 9.59 Å². The zero-order valence-electron chi connectivity index (χ0n) is 16.4. The van der Waals surface area contributed by atoms with Gasteiger partial charge < -0.3 is 15.0 Å². The van der Waals surface area contributed by atoms with E-state index >= 15 is 0 Å². The number of hydrogen-bond donors (Lipinski definition) is 1. The summed E-state index contributed by atoms with van der Waals surface area (Å²) in [5.74, 6) is 0.532. The molecule has 1 aliphatic carbocycles. The first-order chi connectivity index (χ1) is 13.7. The van der Waals surface area contributed by atoms with Crippen LogP contribution in [0.3, 0.4) is 0 Å². The molecule has 2 aliphatic heterocycles. The Bertz CT molecular complexity index is 691. The Morgan fingerprint density at radius 2 is 1.89 bits per heavy atom. The van der Waals surface area contributed by atoms with Gasteiger partial charge >= 0.3 is 0 Å². The predicted molar refractivity (Wildman–Crippen MR) is 104 cm³/mol. The molecule has 2 saturated heterocycles. The Hall–Kier alpha value is -2.02. The van der Waals surface area contributed by atoms with Gasteiger partial charge in [0.25, 0.3) is 11.8 Å². The summed E-state index contributed by atoms with van der Waals surface area (Å²) < 4.78 is 5.53. The van der Waals surface area contributed by atoms with Crippen LogP contribution in [-0.2, 0) is 16.0 Å². The van der Waals surface area contributed by atoms with Gasteiger partial charge in [0.05, 0.1) is 11.3 Å². The number of nitrogens with one attached hydrogen (secondary N) is 1. The number of rotatable bonds is 5. The van der Waals surface area contributed by atoms with Crippen LogP contribution < -0.4 is 5.32 Å². The fourth-order valence-corrected chi connectivity index (χ4v) is 4.65. The second-order valence-corrected chi connectivity index (χ2v) is 8.31. The van der Waals surface area contributed by atoms with Crippen molar-refractivity contribution >= 4 is 11.8 Å². The summed E-state index contributed by atoms with van der Waals surface area (Å²) in [7, 11) is 0.